The first-order chi connectivity index (χ1) is 5.25. The topological polar surface area (TPSA) is 32.6 Å². The van der Waals surface area contributed by atoms with E-state index in [9.17, 15) is 0 Å². The van der Waals surface area contributed by atoms with E-state index in [1.165, 1.54) is 0 Å². The average Bonchev–Trinajstić information content (AvgIpc) is 1.97. The van der Waals surface area contributed by atoms with Crippen LogP contribution in [0.3, 0.4) is 0 Å². The van der Waals surface area contributed by atoms with Gasteiger partial charge in [0.15, 0.2) is 0 Å². The third-order valence-electron chi connectivity index (χ3n) is 1.57. The van der Waals surface area contributed by atoms with Crippen molar-refractivity contribution in [3.05, 3.63) is 29.3 Å². The summed E-state index contributed by atoms with van der Waals surface area (Å²) in [6.07, 6.45) is 0. The minimum atomic E-state index is -1.42. The van der Waals surface area contributed by atoms with Crippen LogP contribution in [0.4, 0.5) is 5.69 Å². The number of hydrogen-bond acceptors (Lipinski definition) is 1. The number of benzene rings is 1. The number of rotatable bonds is 1. The van der Waals surface area contributed by atoms with Gasteiger partial charge in [-0.15, -0.1) is 0 Å². The molecular weight excluding hydrogens is 310 g/mol. The molecule has 0 fully saturated rings. The van der Waals surface area contributed by atoms with Crippen molar-refractivity contribution >= 4 is 5.69 Å². The average molecular weight is 320 g/mol. The standard InChI is InChI=1S/C8H9N.H2O.W/c1-6-4-3-5-7(2)8(6)9;;/h3-5H,1-2H3;1H2;/q;;+1/p-1. The third-order valence-corrected chi connectivity index (χ3v) is 2.52. The van der Waals surface area contributed by atoms with E-state index in [1.807, 2.05) is 32.0 Å². The van der Waals surface area contributed by atoms with Crippen LogP contribution in [0.1, 0.15) is 11.1 Å². The van der Waals surface area contributed by atoms with Crippen LogP contribution in [-0.2, 0) is 18.8 Å². The first kappa shape index (κ1) is 8.76. The molecule has 0 bridgehead atoms. The Morgan fingerprint density at radius 1 is 1.27 bits per heavy atom. The van der Waals surface area contributed by atoms with Gasteiger partial charge in [-0.1, -0.05) is 0 Å². The molecule has 0 spiro atoms. The van der Waals surface area contributed by atoms with Crippen molar-refractivity contribution in [1.82, 2.24) is 0 Å². The second-order valence-electron chi connectivity index (χ2n) is 2.41. The maximum atomic E-state index is 8.77. The van der Waals surface area contributed by atoms with Crippen molar-refractivity contribution in [2.24, 2.45) is 3.50 Å². The minimum absolute atomic E-state index is 0.986. The molecule has 0 radical (unpaired) electrons. The van der Waals surface area contributed by atoms with E-state index < -0.39 is 18.8 Å². The Bertz CT molecular complexity index is 263. The molecule has 2 nitrogen and oxygen atoms in total. The van der Waals surface area contributed by atoms with Gasteiger partial charge < -0.3 is 0 Å². The van der Waals surface area contributed by atoms with Crippen molar-refractivity contribution < 1.29 is 22.5 Å². The van der Waals surface area contributed by atoms with Crippen LogP contribution >= 0.6 is 0 Å². The molecule has 0 aliphatic carbocycles. The van der Waals surface area contributed by atoms with Gasteiger partial charge in [-0.3, -0.25) is 0 Å². The van der Waals surface area contributed by atoms with Gasteiger partial charge in [-0.2, -0.15) is 0 Å². The van der Waals surface area contributed by atoms with Crippen LogP contribution in [0.15, 0.2) is 21.7 Å². The molecule has 0 saturated carbocycles. The van der Waals surface area contributed by atoms with E-state index in [-0.39, 0.29) is 0 Å². The molecule has 0 heterocycles. The van der Waals surface area contributed by atoms with E-state index in [4.69, 9.17) is 3.76 Å². The molecule has 3 heteroatoms. The maximum absolute atomic E-state index is 8.77. The number of hydrogen-bond donors (Lipinski definition) is 1. The first-order valence-corrected chi connectivity index (χ1v) is 5.96. The molecule has 0 aromatic heterocycles. The molecule has 59 valence electrons. The molecule has 0 aliphatic rings. The second kappa shape index (κ2) is 3.89. The Kier molecular flexibility index (Phi) is 3.10. The predicted molar refractivity (Wildman–Crippen MR) is 40.2 cm³/mol. The van der Waals surface area contributed by atoms with Gasteiger partial charge in [0.1, 0.15) is 0 Å². The fraction of sp³-hybridized carbons (Fsp3) is 0.250. The van der Waals surface area contributed by atoms with Gasteiger partial charge in [0.05, 0.1) is 0 Å². The molecule has 1 aromatic rings. The van der Waals surface area contributed by atoms with Gasteiger partial charge in [0.2, 0.25) is 0 Å². The molecule has 1 rings (SSSR count). The van der Waals surface area contributed by atoms with Crippen molar-refractivity contribution in [3.63, 3.8) is 0 Å². The molecule has 0 saturated heterocycles. The monoisotopic (exact) mass is 320 g/mol. The van der Waals surface area contributed by atoms with Crippen LogP contribution in [0.5, 0.6) is 0 Å². The first-order valence-electron chi connectivity index (χ1n) is 3.33. The Hall–Kier alpha value is -0.332. The molecule has 1 aromatic carbocycles. The van der Waals surface area contributed by atoms with Crippen LogP contribution < -0.4 is 0 Å². The third kappa shape index (κ3) is 2.05. The summed E-state index contributed by atoms with van der Waals surface area (Å²) in [7, 11) is 0. The molecule has 11 heavy (non-hydrogen) atoms. The molecule has 0 unspecified atom stereocenters. The zero-order chi connectivity index (χ0) is 8.27. The van der Waals surface area contributed by atoms with Crippen LogP contribution in [0, 0.1) is 13.8 Å². The summed E-state index contributed by atoms with van der Waals surface area (Å²) in [6.45, 7) is 4.03. The summed E-state index contributed by atoms with van der Waals surface area (Å²) in [5.74, 6) is 0. The zero-order valence-electron chi connectivity index (χ0n) is 6.53. The SMILES string of the molecule is Cc1cccc(C)c1[N]=[W][OH]. The van der Waals surface area contributed by atoms with Gasteiger partial charge in [0.25, 0.3) is 0 Å². The van der Waals surface area contributed by atoms with Crippen molar-refractivity contribution in [2.45, 2.75) is 13.8 Å². The quantitative estimate of drug-likeness (QED) is 0.845. The molecule has 0 amide bonds. The zero-order valence-corrected chi connectivity index (χ0v) is 9.47. The Balaban J connectivity index is 3.20. The Morgan fingerprint density at radius 3 is 2.27 bits per heavy atom. The molecular formula is C8H10NOW. The van der Waals surface area contributed by atoms with Gasteiger partial charge in [-0.25, -0.2) is 0 Å². The number of aryl methyl sites for hydroxylation is 2. The van der Waals surface area contributed by atoms with E-state index in [0.29, 0.717) is 0 Å². The molecule has 1 N–H and O–H groups in total. The summed E-state index contributed by atoms with van der Waals surface area (Å²) >= 11 is -1.42. The van der Waals surface area contributed by atoms with E-state index in [0.717, 1.165) is 16.8 Å². The van der Waals surface area contributed by atoms with Crippen LogP contribution in [0.25, 0.3) is 0 Å². The summed E-state index contributed by atoms with van der Waals surface area (Å²) < 4.78 is 12.9. The van der Waals surface area contributed by atoms with Gasteiger partial charge in [-0.05, 0) is 0 Å². The molecule has 0 atom stereocenters. The Labute approximate surface area is 75.1 Å². The van der Waals surface area contributed by atoms with E-state index in [2.05, 4.69) is 3.50 Å². The van der Waals surface area contributed by atoms with Crippen molar-refractivity contribution in [1.29, 1.82) is 0 Å². The fourth-order valence-corrected chi connectivity index (χ4v) is 2.32. The van der Waals surface area contributed by atoms with Crippen LogP contribution in [0.2, 0.25) is 0 Å². The van der Waals surface area contributed by atoms with Crippen molar-refractivity contribution in [3.8, 4) is 0 Å². The summed E-state index contributed by atoms with van der Waals surface area (Å²) in [4.78, 5) is 0. The number of nitrogens with zero attached hydrogens (tertiary/aromatic N) is 1. The normalized spacial score (nSPS) is 10.8. The van der Waals surface area contributed by atoms with Gasteiger partial charge >= 0.3 is 74.9 Å². The summed E-state index contributed by atoms with van der Waals surface area (Å²) in [6, 6.07) is 6.03. The van der Waals surface area contributed by atoms with E-state index >= 15 is 0 Å². The summed E-state index contributed by atoms with van der Waals surface area (Å²) in [5, 5.41) is 0. The van der Waals surface area contributed by atoms with E-state index in [1.54, 1.807) is 0 Å². The van der Waals surface area contributed by atoms with Crippen molar-refractivity contribution in [2.75, 3.05) is 0 Å². The summed E-state index contributed by atoms with van der Waals surface area (Å²) in [5.41, 5.74) is 3.29. The fourth-order valence-electron chi connectivity index (χ4n) is 0.990. The Morgan fingerprint density at radius 2 is 1.82 bits per heavy atom. The van der Waals surface area contributed by atoms with Crippen LogP contribution in [-0.4, -0.2) is 3.76 Å². The molecule has 0 aliphatic heterocycles. The predicted octanol–water partition coefficient (Wildman–Crippen LogP) is 2.11. The van der Waals surface area contributed by atoms with Gasteiger partial charge in [0, 0.05) is 0 Å². The second-order valence-corrected chi connectivity index (χ2v) is 3.66.